The van der Waals surface area contributed by atoms with Crippen molar-refractivity contribution in [1.29, 1.82) is 0 Å². The summed E-state index contributed by atoms with van der Waals surface area (Å²) in [4.78, 5) is 53.7. The first-order valence-corrected chi connectivity index (χ1v) is 14.5. The molecule has 42 heavy (non-hydrogen) atoms. The third kappa shape index (κ3) is 6.77. The van der Waals surface area contributed by atoms with Crippen molar-refractivity contribution in [2.75, 3.05) is 17.2 Å². The minimum absolute atomic E-state index is 0.228. The Hall–Kier alpha value is -4.71. The van der Waals surface area contributed by atoms with Gasteiger partial charge in [0.05, 0.1) is 12.1 Å². The Balaban J connectivity index is 1.20. The highest BCUT2D eigenvalue weighted by atomic mass is 32.1. The van der Waals surface area contributed by atoms with Gasteiger partial charge in [0.25, 0.3) is 11.8 Å². The van der Waals surface area contributed by atoms with Gasteiger partial charge in [-0.3, -0.25) is 24.4 Å². The Morgan fingerprint density at radius 2 is 1.79 bits per heavy atom. The standard InChI is InChI=1S/C30H32N6O5S/c1-30(2,3)41-29(40)36-14-4-7-24(36)28(39)32-20-11-8-18(9-12-20)27(38)33-25-22-16-19(10-13-23(22)34-35-25)26(37)31-17-21-6-5-15-42-21/h5-6,8-13,15-16,24H,4,7,14,17H2,1-3H3,(H,31,37)(H,32,39)(H2,33,34,35,38)/t24-/m0/s1. The van der Waals surface area contributed by atoms with E-state index in [1.807, 2.05) is 17.5 Å². The van der Waals surface area contributed by atoms with Crippen LogP contribution in [0.25, 0.3) is 10.9 Å². The Labute approximate surface area is 246 Å². The Kier molecular flexibility index (Phi) is 8.25. The van der Waals surface area contributed by atoms with Gasteiger partial charge >= 0.3 is 6.09 Å². The van der Waals surface area contributed by atoms with Crippen LogP contribution in [-0.4, -0.2) is 57.1 Å². The van der Waals surface area contributed by atoms with Crippen LogP contribution in [0.2, 0.25) is 0 Å². The molecule has 2 aromatic heterocycles. The number of nitrogens with zero attached hydrogens (tertiary/aromatic N) is 2. The van der Waals surface area contributed by atoms with Crippen LogP contribution in [0.3, 0.4) is 0 Å². The van der Waals surface area contributed by atoms with Crippen LogP contribution in [0.15, 0.2) is 60.0 Å². The number of fused-ring (bicyclic) bond motifs is 1. The molecule has 0 bridgehead atoms. The number of carbonyl (C=O) groups is 4. The van der Waals surface area contributed by atoms with Crippen molar-refractivity contribution in [2.45, 2.75) is 51.8 Å². The molecule has 218 valence electrons. The van der Waals surface area contributed by atoms with Crippen molar-refractivity contribution in [3.8, 4) is 0 Å². The first-order chi connectivity index (χ1) is 20.1. The number of anilines is 2. The quantitative estimate of drug-likeness (QED) is 0.235. The fourth-order valence-electron chi connectivity index (χ4n) is 4.62. The van der Waals surface area contributed by atoms with E-state index < -0.39 is 23.6 Å². The number of carbonyl (C=O) groups excluding carboxylic acids is 4. The zero-order chi connectivity index (χ0) is 29.9. The molecule has 1 aliphatic rings. The van der Waals surface area contributed by atoms with E-state index in [0.29, 0.717) is 59.5 Å². The van der Waals surface area contributed by atoms with Crippen LogP contribution in [0.4, 0.5) is 16.3 Å². The molecule has 0 aliphatic carbocycles. The van der Waals surface area contributed by atoms with Crippen molar-refractivity contribution >= 4 is 57.6 Å². The zero-order valence-electron chi connectivity index (χ0n) is 23.5. The summed E-state index contributed by atoms with van der Waals surface area (Å²) in [5, 5.41) is 18.1. The molecule has 4 aromatic rings. The number of benzene rings is 2. The van der Waals surface area contributed by atoms with Gasteiger partial charge in [0.1, 0.15) is 11.6 Å². The molecule has 1 fully saturated rings. The Morgan fingerprint density at radius 3 is 2.50 bits per heavy atom. The second kappa shape index (κ2) is 12.0. The molecule has 3 heterocycles. The maximum Gasteiger partial charge on any atom is 0.410 e. The average molecular weight is 589 g/mol. The van der Waals surface area contributed by atoms with Crippen LogP contribution in [0.1, 0.15) is 59.2 Å². The van der Waals surface area contributed by atoms with Crippen LogP contribution < -0.4 is 16.0 Å². The van der Waals surface area contributed by atoms with Gasteiger partial charge in [-0.25, -0.2) is 4.79 Å². The minimum atomic E-state index is -0.652. The molecule has 0 spiro atoms. The highest BCUT2D eigenvalue weighted by Gasteiger charge is 2.36. The zero-order valence-corrected chi connectivity index (χ0v) is 24.3. The molecule has 1 atom stereocenters. The predicted molar refractivity (Wildman–Crippen MR) is 161 cm³/mol. The fourth-order valence-corrected chi connectivity index (χ4v) is 5.27. The lowest BCUT2D eigenvalue weighted by molar-refractivity contribution is -0.120. The number of nitrogens with one attached hydrogen (secondary N) is 4. The molecule has 1 aliphatic heterocycles. The van der Waals surface area contributed by atoms with Crippen molar-refractivity contribution < 1.29 is 23.9 Å². The number of amides is 4. The number of hydrogen-bond acceptors (Lipinski definition) is 7. The van der Waals surface area contributed by atoms with Gasteiger partial charge in [0.2, 0.25) is 5.91 Å². The van der Waals surface area contributed by atoms with E-state index in [2.05, 4.69) is 26.1 Å². The second-order valence-electron chi connectivity index (χ2n) is 10.9. The van der Waals surface area contributed by atoms with Gasteiger partial charge < -0.3 is 20.7 Å². The molecule has 0 radical (unpaired) electrons. The number of H-pyrrole nitrogens is 1. The molecule has 2 aromatic carbocycles. The van der Waals surface area contributed by atoms with E-state index >= 15 is 0 Å². The van der Waals surface area contributed by atoms with Gasteiger partial charge in [-0.2, -0.15) is 5.10 Å². The molecular formula is C30H32N6O5S. The number of ether oxygens (including phenoxy) is 1. The largest absolute Gasteiger partial charge is 0.444 e. The number of aromatic nitrogens is 2. The van der Waals surface area contributed by atoms with Crippen LogP contribution in [0, 0.1) is 0 Å². The van der Waals surface area contributed by atoms with Gasteiger partial charge in [0.15, 0.2) is 5.82 Å². The van der Waals surface area contributed by atoms with E-state index in [-0.39, 0.29) is 11.8 Å². The SMILES string of the molecule is CC(C)(C)OC(=O)N1CCC[C@H]1C(=O)Nc1ccc(C(=O)Nc2n[nH]c3ccc(C(=O)NCc4cccs4)cc23)cc1. The lowest BCUT2D eigenvalue weighted by atomic mass is 10.1. The van der Waals surface area contributed by atoms with Crippen molar-refractivity contribution in [3.63, 3.8) is 0 Å². The van der Waals surface area contributed by atoms with Gasteiger partial charge in [-0.15, -0.1) is 11.3 Å². The normalized spacial score (nSPS) is 14.9. The molecular weight excluding hydrogens is 556 g/mol. The lowest BCUT2D eigenvalue weighted by Gasteiger charge is -2.28. The van der Waals surface area contributed by atoms with Crippen molar-refractivity contribution in [3.05, 3.63) is 76.0 Å². The Morgan fingerprint density at radius 1 is 1.02 bits per heavy atom. The topological polar surface area (TPSA) is 146 Å². The number of rotatable bonds is 7. The summed E-state index contributed by atoms with van der Waals surface area (Å²) >= 11 is 1.57. The summed E-state index contributed by atoms with van der Waals surface area (Å²) in [6.07, 6.45) is 0.741. The minimum Gasteiger partial charge on any atom is -0.444 e. The average Bonchev–Trinajstić information content (AvgIpc) is 3.72. The highest BCUT2D eigenvalue weighted by molar-refractivity contribution is 7.09. The molecule has 4 N–H and O–H groups in total. The molecule has 4 amide bonds. The van der Waals surface area contributed by atoms with E-state index in [9.17, 15) is 19.2 Å². The van der Waals surface area contributed by atoms with Gasteiger partial charge in [-0.05, 0) is 87.5 Å². The van der Waals surface area contributed by atoms with E-state index in [1.54, 1.807) is 74.6 Å². The summed E-state index contributed by atoms with van der Waals surface area (Å²) in [5.41, 5.74) is 1.32. The van der Waals surface area contributed by atoms with Crippen molar-refractivity contribution in [1.82, 2.24) is 20.4 Å². The number of aromatic amines is 1. The first kappa shape index (κ1) is 28.8. The summed E-state index contributed by atoms with van der Waals surface area (Å²) in [7, 11) is 0. The van der Waals surface area contributed by atoms with E-state index in [1.165, 1.54) is 4.90 Å². The van der Waals surface area contributed by atoms with Crippen molar-refractivity contribution in [2.24, 2.45) is 0 Å². The number of thiophene rings is 1. The highest BCUT2D eigenvalue weighted by Crippen LogP contribution is 2.24. The van der Waals surface area contributed by atoms with Crippen LogP contribution in [0.5, 0.6) is 0 Å². The smallest absolute Gasteiger partial charge is 0.410 e. The summed E-state index contributed by atoms with van der Waals surface area (Å²) in [6, 6.07) is 14.8. The molecule has 5 rings (SSSR count). The maximum atomic E-state index is 13.0. The molecule has 0 unspecified atom stereocenters. The monoisotopic (exact) mass is 588 g/mol. The maximum absolute atomic E-state index is 13.0. The number of likely N-dealkylation sites (tertiary alicyclic amines) is 1. The molecule has 1 saturated heterocycles. The first-order valence-electron chi connectivity index (χ1n) is 13.6. The summed E-state index contributed by atoms with van der Waals surface area (Å²) in [5.74, 6) is -0.647. The Bertz CT molecular complexity index is 1610. The van der Waals surface area contributed by atoms with Gasteiger partial charge in [0, 0.05) is 33.6 Å². The predicted octanol–water partition coefficient (Wildman–Crippen LogP) is 5.14. The molecule has 11 nitrogen and oxygen atoms in total. The number of hydrogen-bond donors (Lipinski definition) is 4. The second-order valence-corrected chi connectivity index (χ2v) is 12.0. The van der Waals surface area contributed by atoms with Crippen LogP contribution in [-0.2, 0) is 16.1 Å². The molecule has 12 heteroatoms. The van der Waals surface area contributed by atoms with Gasteiger partial charge in [-0.1, -0.05) is 6.07 Å². The lowest BCUT2D eigenvalue weighted by Crippen LogP contribution is -2.45. The third-order valence-corrected chi connectivity index (χ3v) is 7.53. The third-order valence-electron chi connectivity index (χ3n) is 6.66. The molecule has 0 saturated carbocycles. The summed E-state index contributed by atoms with van der Waals surface area (Å²) in [6.45, 7) is 6.24. The van der Waals surface area contributed by atoms with Crippen LogP contribution >= 0.6 is 11.3 Å². The van der Waals surface area contributed by atoms with E-state index in [0.717, 1.165) is 4.88 Å². The van der Waals surface area contributed by atoms with E-state index in [4.69, 9.17) is 4.74 Å². The fraction of sp³-hybridized carbons (Fsp3) is 0.300. The summed E-state index contributed by atoms with van der Waals surface area (Å²) < 4.78 is 5.44.